The summed E-state index contributed by atoms with van der Waals surface area (Å²) in [6.07, 6.45) is 1.12. The summed E-state index contributed by atoms with van der Waals surface area (Å²) in [5.74, 6) is -0.755. The van der Waals surface area contributed by atoms with Crippen LogP contribution in [0.2, 0.25) is 10.2 Å². The number of rotatable bonds is 4. The van der Waals surface area contributed by atoms with Gasteiger partial charge in [0, 0.05) is 11.9 Å². The van der Waals surface area contributed by atoms with Gasteiger partial charge in [0.25, 0.3) is 10.0 Å². The highest BCUT2D eigenvalue weighted by molar-refractivity contribution is 7.92. The van der Waals surface area contributed by atoms with Gasteiger partial charge in [-0.1, -0.05) is 23.2 Å². The summed E-state index contributed by atoms with van der Waals surface area (Å²) in [6, 6.07) is 6.70. The molecule has 0 aliphatic rings. The highest BCUT2D eigenvalue weighted by atomic mass is 35.5. The maximum Gasteiger partial charge on any atom is 0.263 e. The second-order valence-electron chi connectivity index (χ2n) is 3.98. The average molecular weight is 346 g/mol. The normalized spacial score (nSPS) is 11.1. The summed E-state index contributed by atoms with van der Waals surface area (Å²) in [5.41, 5.74) is 5.32. The summed E-state index contributed by atoms with van der Waals surface area (Å²) in [6.45, 7) is 0. The van der Waals surface area contributed by atoms with Crippen molar-refractivity contribution in [2.24, 2.45) is 5.73 Å². The number of halogens is 2. The number of hydrogen-bond donors (Lipinski definition) is 2. The molecule has 0 saturated heterocycles. The van der Waals surface area contributed by atoms with Crippen molar-refractivity contribution in [3.05, 3.63) is 52.3 Å². The molecule has 0 atom stereocenters. The van der Waals surface area contributed by atoms with Crippen molar-refractivity contribution in [3.8, 4) is 0 Å². The van der Waals surface area contributed by atoms with Crippen LogP contribution < -0.4 is 10.5 Å². The molecule has 1 amide bonds. The molecule has 0 aliphatic carbocycles. The molecule has 0 spiro atoms. The van der Waals surface area contributed by atoms with E-state index in [1.807, 2.05) is 0 Å². The average Bonchev–Trinajstić information content (AvgIpc) is 2.41. The zero-order valence-electron chi connectivity index (χ0n) is 10.4. The van der Waals surface area contributed by atoms with Crippen LogP contribution in [0.5, 0.6) is 0 Å². The van der Waals surface area contributed by atoms with Crippen LogP contribution in [0.3, 0.4) is 0 Å². The van der Waals surface area contributed by atoms with Crippen LogP contribution in [0.1, 0.15) is 10.4 Å². The maximum absolute atomic E-state index is 12.1. The molecule has 0 bridgehead atoms. The van der Waals surface area contributed by atoms with Gasteiger partial charge in [-0.05, 0) is 30.3 Å². The molecule has 1 aromatic carbocycles. The van der Waals surface area contributed by atoms with Crippen LogP contribution in [0.15, 0.2) is 41.4 Å². The zero-order valence-corrected chi connectivity index (χ0v) is 12.7. The van der Waals surface area contributed by atoms with Gasteiger partial charge in [0.2, 0.25) is 5.91 Å². The van der Waals surface area contributed by atoms with Crippen molar-refractivity contribution >= 4 is 44.8 Å². The monoisotopic (exact) mass is 345 g/mol. The van der Waals surface area contributed by atoms with Gasteiger partial charge in [0.15, 0.2) is 0 Å². The summed E-state index contributed by atoms with van der Waals surface area (Å²) in [5, 5.41) is 0.315. The van der Waals surface area contributed by atoms with E-state index in [1.54, 1.807) is 0 Å². The van der Waals surface area contributed by atoms with E-state index in [0.29, 0.717) is 0 Å². The number of pyridine rings is 1. The largest absolute Gasteiger partial charge is 0.366 e. The fourth-order valence-electron chi connectivity index (χ4n) is 1.51. The molecule has 0 unspecified atom stereocenters. The Bertz CT molecular complexity index is 792. The number of nitrogens with one attached hydrogen (secondary N) is 1. The molecule has 2 aromatic rings. The second kappa shape index (κ2) is 5.88. The Morgan fingerprint density at radius 2 is 1.90 bits per heavy atom. The topological polar surface area (TPSA) is 102 Å². The van der Waals surface area contributed by atoms with Crippen LogP contribution in [-0.4, -0.2) is 19.3 Å². The number of aromatic nitrogens is 1. The predicted molar refractivity (Wildman–Crippen MR) is 80.0 cm³/mol. The van der Waals surface area contributed by atoms with Crippen LogP contribution >= 0.6 is 23.2 Å². The highest BCUT2D eigenvalue weighted by Gasteiger charge is 2.16. The van der Waals surface area contributed by atoms with E-state index in [2.05, 4.69) is 9.71 Å². The summed E-state index contributed by atoms with van der Waals surface area (Å²) in [7, 11) is -3.85. The lowest BCUT2D eigenvalue weighted by Crippen LogP contribution is -2.15. The minimum absolute atomic E-state index is 0.0195. The van der Waals surface area contributed by atoms with E-state index < -0.39 is 15.9 Å². The van der Waals surface area contributed by atoms with Gasteiger partial charge < -0.3 is 5.73 Å². The molecule has 1 heterocycles. The number of carbonyl (C=O) groups excluding carboxylic acids is 1. The Kier molecular flexibility index (Phi) is 4.36. The lowest BCUT2D eigenvalue weighted by atomic mass is 10.2. The van der Waals surface area contributed by atoms with Gasteiger partial charge in [0.05, 0.1) is 10.6 Å². The number of carbonyl (C=O) groups is 1. The Morgan fingerprint density at radius 3 is 2.48 bits per heavy atom. The SMILES string of the molecule is NC(=O)c1cc(NS(=O)(=O)c2ccc(Cl)nc2)ccc1Cl. The lowest BCUT2D eigenvalue weighted by molar-refractivity contribution is 0.100. The molecular weight excluding hydrogens is 337 g/mol. The molecule has 0 fully saturated rings. The molecule has 0 radical (unpaired) electrons. The smallest absolute Gasteiger partial charge is 0.263 e. The summed E-state index contributed by atoms with van der Waals surface area (Å²) < 4.78 is 26.6. The first kappa shape index (κ1) is 15.6. The van der Waals surface area contributed by atoms with E-state index in [4.69, 9.17) is 28.9 Å². The molecular formula is C12H9Cl2N3O3S. The fraction of sp³-hybridized carbons (Fsp3) is 0. The number of primary amides is 1. The molecule has 1 aromatic heterocycles. The Morgan fingerprint density at radius 1 is 1.19 bits per heavy atom. The third kappa shape index (κ3) is 3.63. The van der Waals surface area contributed by atoms with Crippen molar-refractivity contribution in [2.45, 2.75) is 4.90 Å². The molecule has 0 saturated carbocycles. The molecule has 21 heavy (non-hydrogen) atoms. The number of benzene rings is 1. The predicted octanol–water partition coefficient (Wildman–Crippen LogP) is 2.29. The number of nitrogens with two attached hydrogens (primary N) is 1. The minimum atomic E-state index is -3.85. The first-order valence-electron chi connectivity index (χ1n) is 5.53. The fourth-order valence-corrected chi connectivity index (χ4v) is 2.83. The molecule has 6 nitrogen and oxygen atoms in total. The van der Waals surface area contributed by atoms with Crippen molar-refractivity contribution in [1.29, 1.82) is 0 Å². The second-order valence-corrected chi connectivity index (χ2v) is 6.46. The van der Waals surface area contributed by atoms with Crippen LogP contribution in [0.25, 0.3) is 0 Å². The zero-order chi connectivity index (χ0) is 15.6. The Hall–Kier alpha value is -1.83. The quantitative estimate of drug-likeness (QED) is 0.829. The van der Waals surface area contributed by atoms with Gasteiger partial charge >= 0.3 is 0 Å². The van der Waals surface area contributed by atoms with Crippen molar-refractivity contribution in [3.63, 3.8) is 0 Å². The Labute approximate surface area is 130 Å². The van der Waals surface area contributed by atoms with Crippen molar-refractivity contribution < 1.29 is 13.2 Å². The first-order valence-corrected chi connectivity index (χ1v) is 7.77. The van der Waals surface area contributed by atoms with Crippen LogP contribution in [0.4, 0.5) is 5.69 Å². The van der Waals surface area contributed by atoms with Gasteiger partial charge in [0.1, 0.15) is 10.0 Å². The summed E-state index contributed by atoms with van der Waals surface area (Å²) >= 11 is 11.4. The van der Waals surface area contributed by atoms with E-state index in [1.165, 1.54) is 30.3 Å². The molecule has 0 aliphatic heterocycles. The first-order chi connectivity index (χ1) is 9.79. The van der Waals surface area contributed by atoms with Crippen LogP contribution in [0, 0.1) is 0 Å². The number of amides is 1. The van der Waals surface area contributed by atoms with Gasteiger partial charge in [-0.2, -0.15) is 0 Å². The van der Waals surface area contributed by atoms with Gasteiger partial charge in [-0.3, -0.25) is 9.52 Å². The van der Waals surface area contributed by atoms with Gasteiger partial charge in [-0.25, -0.2) is 13.4 Å². The van der Waals surface area contributed by atoms with E-state index in [9.17, 15) is 13.2 Å². The molecule has 110 valence electrons. The number of anilines is 1. The number of nitrogens with zero attached hydrogens (tertiary/aromatic N) is 1. The number of sulfonamides is 1. The lowest BCUT2D eigenvalue weighted by Gasteiger charge is -2.09. The molecule has 9 heteroatoms. The third-order valence-corrected chi connectivity index (χ3v) is 4.41. The van der Waals surface area contributed by atoms with Crippen molar-refractivity contribution in [2.75, 3.05) is 4.72 Å². The highest BCUT2D eigenvalue weighted by Crippen LogP contribution is 2.22. The maximum atomic E-state index is 12.1. The summed E-state index contributed by atoms with van der Waals surface area (Å²) in [4.78, 5) is 14.8. The molecule has 3 N–H and O–H groups in total. The third-order valence-electron chi connectivity index (χ3n) is 2.49. The minimum Gasteiger partial charge on any atom is -0.366 e. The number of hydrogen-bond acceptors (Lipinski definition) is 4. The standard InChI is InChI=1S/C12H9Cl2N3O3S/c13-10-3-1-7(5-9(10)12(15)18)17-21(19,20)8-2-4-11(14)16-6-8/h1-6,17H,(H2,15,18). The Balaban J connectivity index is 2.35. The van der Waals surface area contributed by atoms with E-state index in [-0.39, 0.29) is 26.3 Å². The van der Waals surface area contributed by atoms with Crippen LogP contribution in [-0.2, 0) is 10.0 Å². The van der Waals surface area contributed by atoms with E-state index in [0.717, 1.165) is 6.20 Å². The van der Waals surface area contributed by atoms with Gasteiger partial charge in [-0.15, -0.1) is 0 Å². The van der Waals surface area contributed by atoms with E-state index >= 15 is 0 Å². The molecule has 2 rings (SSSR count). The van der Waals surface area contributed by atoms with Crippen molar-refractivity contribution in [1.82, 2.24) is 4.98 Å².